The Labute approximate surface area is 106 Å². The van der Waals surface area contributed by atoms with E-state index in [1.165, 1.54) is 0 Å². The largest absolute Gasteiger partial charge is 0.462 e. The van der Waals surface area contributed by atoms with Gasteiger partial charge in [0.25, 0.3) is 0 Å². The molecule has 0 saturated carbocycles. The fraction of sp³-hybridized carbons (Fsp3) is 0.200. The van der Waals surface area contributed by atoms with Crippen molar-refractivity contribution in [2.45, 2.75) is 13.8 Å². The Morgan fingerprint density at radius 1 is 1.22 bits per heavy atom. The Morgan fingerprint density at radius 3 is 2.61 bits per heavy atom. The van der Waals surface area contributed by atoms with Gasteiger partial charge in [0.2, 0.25) is 0 Å². The predicted molar refractivity (Wildman–Crippen MR) is 70.4 cm³/mol. The van der Waals surface area contributed by atoms with Gasteiger partial charge in [0.05, 0.1) is 17.9 Å². The molecule has 0 radical (unpaired) electrons. The Balaban J connectivity index is 2.55. The third-order valence-electron chi connectivity index (χ3n) is 2.70. The van der Waals surface area contributed by atoms with Gasteiger partial charge in [0, 0.05) is 6.20 Å². The molecule has 0 unspecified atom stereocenters. The van der Waals surface area contributed by atoms with Crippen LogP contribution in [0.1, 0.15) is 23.0 Å². The SMILES string of the molecule is CCOC(=O)c1c(-c2ccccc2)ccnc1C. The first-order valence-corrected chi connectivity index (χ1v) is 5.92. The van der Waals surface area contributed by atoms with Gasteiger partial charge in [0.1, 0.15) is 0 Å². The molecule has 0 N–H and O–H groups in total. The van der Waals surface area contributed by atoms with Gasteiger partial charge in [-0.3, -0.25) is 4.98 Å². The quantitative estimate of drug-likeness (QED) is 0.774. The van der Waals surface area contributed by atoms with Gasteiger partial charge in [-0.25, -0.2) is 4.79 Å². The lowest BCUT2D eigenvalue weighted by Gasteiger charge is -2.10. The molecule has 1 heterocycles. The smallest absolute Gasteiger partial charge is 0.340 e. The van der Waals surface area contributed by atoms with Crippen molar-refractivity contribution in [1.82, 2.24) is 4.98 Å². The number of aryl methyl sites for hydroxylation is 1. The number of pyridine rings is 1. The molecule has 0 aliphatic rings. The van der Waals surface area contributed by atoms with Crippen LogP contribution in [0.25, 0.3) is 11.1 Å². The minimum Gasteiger partial charge on any atom is -0.462 e. The normalized spacial score (nSPS) is 10.1. The van der Waals surface area contributed by atoms with Crippen LogP contribution in [-0.4, -0.2) is 17.6 Å². The number of esters is 1. The molecule has 1 aromatic carbocycles. The van der Waals surface area contributed by atoms with Gasteiger partial charge in [0.15, 0.2) is 0 Å². The summed E-state index contributed by atoms with van der Waals surface area (Å²) in [6.07, 6.45) is 1.71. The highest BCUT2D eigenvalue weighted by molar-refractivity contribution is 5.98. The molecular formula is C15H15NO2. The van der Waals surface area contributed by atoms with E-state index in [2.05, 4.69) is 4.98 Å². The third-order valence-corrected chi connectivity index (χ3v) is 2.70. The van der Waals surface area contributed by atoms with Crippen LogP contribution < -0.4 is 0 Å². The summed E-state index contributed by atoms with van der Waals surface area (Å²) in [5.74, 6) is -0.318. The van der Waals surface area contributed by atoms with Crippen molar-refractivity contribution in [3.63, 3.8) is 0 Å². The fourth-order valence-corrected chi connectivity index (χ4v) is 1.89. The predicted octanol–water partition coefficient (Wildman–Crippen LogP) is 3.23. The maximum atomic E-state index is 12.0. The number of carbonyl (C=O) groups is 1. The monoisotopic (exact) mass is 241 g/mol. The molecule has 0 amide bonds. The molecule has 92 valence electrons. The molecule has 0 aliphatic heterocycles. The summed E-state index contributed by atoms with van der Waals surface area (Å²) in [6, 6.07) is 11.6. The summed E-state index contributed by atoms with van der Waals surface area (Å²) in [5.41, 5.74) is 3.09. The second-order valence-electron chi connectivity index (χ2n) is 3.91. The summed E-state index contributed by atoms with van der Waals surface area (Å²) >= 11 is 0. The van der Waals surface area contributed by atoms with Crippen molar-refractivity contribution >= 4 is 5.97 Å². The second kappa shape index (κ2) is 5.45. The van der Waals surface area contributed by atoms with E-state index in [4.69, 9.17) is 4.74 Å². The standard InChI is InChI=1S/C15H15NO2/c1-3-18-15(17)14-11(2)16-10-9-13(14)12-7-5-4-6-8-12/h4-10H,3H2,1-2H3. The van der Waals surface area contributed by atoms with E-state index >= 15 is 0 Å². The molecule has 0 saturated heterocycles. The molecule has 0 fully saturated rings. The molecule has 1 aromatic heterocycles. The Morgan fingerprint density at radius 2 is 1.94 bits per heavy atom. The molecule has 0 aliphatic carbocycles. The third kappa shape index (κ3) is 2.40. The number of aromatic nitrogens is 1. The summed E-state index contributed by atoms with van der Waals surface area (Å²) < 4.78 is 5.09. The summed E-state index contributed by atoms with van der Waals surface area (Å²) in [7, 11) is 0. The lowest BCUT2D eigenvalue weighted by molar-refractivity contribution is 0.0526. The highest BCUT2D eigenvalue weighted by atomic mass is 16.5. The first-order valence-electron chi connectivity index (χ1n) is 5.92. The average Bonchev–Trinajstić information content (AvgIpc) is 2.39. The maximum absolute atomic E-state index is 12.0. The highest BCUT2D eigenvalue weighted by Crippen LogP contribution is 2.25. The Bertz CT molecular complexity index is 550. The minimum absolute atomic E-state index is 0.318. The van der Waals surface area contributed by atoms with E-state index in [1.54, 1.807) is 13.1 Å². The van der Waals surface area contributed by atoms with Crippen LogP contribution in [0.15, 0.2) is 42.6 Å². The van der Waals surface area contributed by atoms with Crippen LogP contribution in [-0.2, 0) is 4.74 Å². The van der Waals surface area contributed by atoms with E-state index < -0.39 is 0 Å². The van der Waals surface area contributed by atoms with Gasteiger partial charge in [-0.15, -0.1) is 0 Å². The Kier molecular flexibility index (Phi) is 3.72. The van der Waals surface area contributed by atoms with Crippen molar-refractivity contribution in [2.24, 2.45) is 0 Å². The fourth-order valence-electron chi connectivity index (χ4n) is 1.89. The number of hydrogen-bond acceptors (Lipinski definition) is 3. The van der Waals surface area contributed by atoms with E-state index in [9.17, 15) is 4.79 Å². The summed E-state index contributed by atoms with van der Waals surface area (Å²) in [5, 5.41) is 0. The first-order chi connectivity index (χ1) is 8.74. The van der Waals surface area contributed by atoms with Gasteiger partial charge in [-0.1, -0.05) is 30.3 Å². The zero-order valence-electron chi connectivity index (χ0n) is 10.5. The molecule has 18 heavy (non-hydrogen) atoms. The van der Waals surface area contributed by atoms with Crippen molar-refractivity contribution in [1.29, 1.82) is 0 Å². The maximum Gasteiger partial charge on any atom is 0.340 e. The molecular weight excluding hydrogens is 226 g/mol. The molecule has 0 atom stereocenters. The average molecular weight is 241 g/mol. The number of nitrogens with zero attached hydrogens (tertiary/aromatic N) is 1. The van der Waals surface area contributed by atoms with Crippen molar-refractivity contribution in [2.75, 3.05) is 6.61 Å². The number of rotatable bonds is 3. The van der Waals surface area contributed by atoms with Gasteiger partial charge >= 0.3 is 5.97 Å². The van der Waals surface area contributed by atoms with Crippen molar-refractivity contribution in [3.8, 4) is 11.1 Å². The molecule has 2 aromatic rings. The van der Waals surface area contributed by atoms with Crippen LogP contribution in [0, 0.1) is 6.92 Å². The lowest BCUT2D eigenvalue weighted by atomic mass is 9.99. The lowest BCUT2D eigenvalue weighted by Crippen LogP contribution is -2.09. The minimum atomic E-state index is -0.318. The van der Waals surface area contributed by atoms with Crippen LogP contribution in [0.5, 0.6) is 0 Å². The summed E-state index contributed by atoms with van der Waals surface area (Å²) in [4.78, 5) is 16.2. The Hall–Kier alpha value is -2.16. The molecule has 3 nitrogen and oxygen atoms in total. The number of benzene rings is 1. The topological polar surface area (TPSA) is 39.2 Å². The van der Waals surface area contributed by atoms with Crippen LogP contribution in [0.2, 0.25) is 0 Å². The van der Waals surface area contributed by atoms with Crippen LogP contribution in [0.3, 0.4) is 0 Å². The van der Waals surface area contributed by atoms with E-state index in [-0.39, 0.29) is 5.97 Å². The second-order valence-corrected chi connectivity index (χ2v) is 3.91. The van der Waals surface area contributed by atoms with Gasteiger partial charge < -0.3 is 4.74 Å². The number of ether oxygens (including phenoxy) is 1. The van der Waals surface area contributed by atoms with Crippen LogP contribution >= 0.6 is 0 Å². The molecule has 3 heteroatoms. The molecule has 0 spiro atoms. The molecule has 0 bridgehead atoms. The van der Waals surface area contributed by atoms with Crippen molar-refractivity contribution < 1.29 is 9.53 Å². The number of hydrogen-bond donors (Lipinski definition) is 0. The summed E-state index contributed by atoms with van der Waals surface area (Å²) in [6.45, 7) is 3.98. The van der Waals surface area contributed by atoms with Crippen molar-refractivity contribution in [3.05, 3.63) is 53.9 Å². The van der Waals surface area contributed by atoms with E-state index in [1.807, 2.05) is 43.3 Å². The van der Waals surface area contributed by atoms with E-state index in [0.717, 1.165) is 11.1 Å². The highest BCUT2D eigenvalue weighted by Gasteiger charge is 2.17. The van der Waals surface area contributed by atoms with E-state index in [0.29, 0.717) is 17.9 Å². The number of carbonyl (C=O) groups excluding carboxylic acids is 1. The zero-order valence-corrected chi connectivity index (χ0v) is 10.5. The van der Waals surface area contributed by atoms with Crippen LogP contribution in [0.4, 0.5) is 0 Å². The first kappa shape index (κ1) is 12.3. The van der Waals surface area contributed by atoms with Gasteiger partial charge in [-0.2, -0.15) is 0 Å². The van der Waals surface area contributed by atoms with Gasteiger partial charge in [-0.05, 0) is 31.0 Å². The molecule has 2 rings (SSSR count). The zero-order chi connectivity index (χ0) is 13.0.